The summed E-state index contributed by atoms with van der Waals surface area (Å²) in [5.41, 5.74) is 1.02. The van der Waals surface area contributed by atoms with Gasteiger partial charge in [-0.2, -0.15) is 11.8 Å². The van der Waals surface area contributed by atoms with Gasteiger partial charge in [0.15, 0.2) is 0 Å². The van der Waals surface area contributed by atoms with Crippen LogP contribution in [0.3, 0.4) is 0 Å². The maximum Gasteiger partial charge on any atom is 0.117 e. The summed E-state index contributed by atoms with van der Waals surface area (Å²) >= 11 is 8.12. The van der Waals surface area contributed by atoms with Crippen molar-refractivity contribution in [3.05, 3.63) is 35.4 Å². The Bertz CT molecular complexity index is 488. The molecule has 1 aliphatic rings. The number of hydrogen-bond acceptors (Lipinski definition) is 2. The Labute approximate surface area is 97.6 Å². The summed E-state index contributed by atoms with van der Waals surface area (Å²) in [6.07, 6.45) is 5.16. The SMILES string of the molecule is Clc1cccn2c(C3CCSC3)ncc12. The van der Waals surface area contributed by atoms with Crippen LogP contribution in [0.1, 0.15) is 18.2 Å². The smallest absolute Gasteiger partial charge is 0.117 e. The van der Waals surface area contributed by atoms with E-state index in [0.717, 1.165) is 16.4 Å². The topological polar surface area (TPSA) is 17.3 Å². The van der Waals surface area contributed by atoms with Gasteiger partial charge in [-0.15, -0.1) is 0 Å². The van der Waals surface area contributed by atoms with Crippen LogP contribution in [0, 0.1) is 0 Å². The third-order valence-corrected chi connectivity index (χ3v) is 4.32. The predicted octanol–water partition coefficient (Wildman–Crippen LogP) is 3.21. The van der Waals surface area contributed by atoms with Crippen molar-refractivity contribution in [2.45, 2.75) is 12.3 Å². The molecule has 0 amide bonds. The number of fused-ring (bicyclic) bond motifs is 1. The molecule has 15 heavy (non-hydrogen) atoms. The number of pyridine rings is 1. The van der Waals surface area contributed by atoms with E-state index in [9.17, 15) is 0 Å². The molecular formula is C11H11ClN2S. The summed E-state index contributed by atoms with van der Waals surface area (Å²) in [6.45, 7) is 0. The van der Waals surface area contributed by atoms with Crippen LogP contribution in [0.15, 0.2) is 24.5 Å². The average Bonchev–Trinajstić information content (AvgIpc) is 2.85. The van der Waals surface area contributed by atoms with Crippen molar-refractivity contribution in [1.29, 1.82) is 0 Å². The molecule has 2 nitrogen and oxygen atoms in total. The monoisotopic (exact) mass is 238 g/mol. The van der Waals surface area contributed by atoms with Gasteiger partial charge in [0.25, 0.3) is 0 Å². The Kier molecular flexibility index (Phi) is 2.37. The molecular weight excluding hydrogens is 228 g/mol. The van der Waals surface area contributed by atoms with Crippen molar-refractivity contribution in [3.8, 4) is 0 Å². The third kappa shape index (κ3) is 1.54. The molecule has 3 heterocycles. The van der Waals surface area contributed by atoms with Crippen molar-refractivity contribution in [1.82, 2.24) is 9.38 Å². The maximum absolute atomic E-state index is 6.11. The third-order valence-electron chi connectivity index (χ3n) is 2.84. The molecule has 0 N–H and O–H groups in total. The number of halogens is 1. The average molecular weight is 239 g/mol. The van der Waals surface area contributed by atoms with E-state index in [1.54, 1.807) is 0 Å². The number of thioether (sulfide) groups is 1. The largest absolute Gasteiger partial charge is 0.302 e. The molecule has 0 aromatic carbocycles. The van der Waals surface area contributed by atoms with Gasteiger partial charge in [0, 0.05) is 17.9 Å². The molecule has 0 bridgehead atoms. The van der Waals surface area contributed by atoms with Crippen LogP contribution in [-0.2, 0) is 0 Å². The minimum absolute atomic E-state index is 0.593. The van der Waals surface area contributed by atoms with E-state index in [2.05, 4.69) is 9.38 Å². The Morgan fingerprint density at radius 2 is 2.47 bits per heavy atom. The van der Waals surface area contributed by atoms with Gasteiger partial charge in [-0.05, 0) is 24.3 Å². The van der Waals surface area contributed by atoms with E-state index < -0.39 is 0 Å². The molecule has 0 aliphatic carbocycles. The van der Waals surface area contributed by atoms with Crippen LogP contribution in [-0.4, -0.2) is 20.9 Å². The molecule has 2 aromatic rings. The maximum atomic E-state index is 6.11. The molecule has 0 radical (unpaired) electrons. The zero-order chi connectivity index (χ0) is 10.3. The number of imidazole rings is 1. The van der Waals surface area contributed by atoms with E-state index in [4.69, 9.17) is 11.6 Å². The van der Waals surface area contributed by atoms with Crippen molar-refractivity contribution in [2.75, 3.05) is 11.5 Å². The van der Waals surface area contributed by atoms with E-state index >= 15 is 0 Å². The van der Waals surface area contributed by atoms with E-state index in [1.807, 2.05) is 36.3 Å². The minimum Gasteiger partial charge on any atom is -0.302 e. The first kappa shape index (κ1) is 9.55. The first-order chi connectivity index (χ1) is 7.36. The molecule has 1 atom stereocenters. The van der Waals surface area contributed by atoms with E-state index in [1.165, 1.54) is 17.9 Å². The first-order valence-corrected chi connectivity index (χ1v) is 6.59. The fraction of sp³-hybridized carbons (Fsp3) is 0.364. The lowest BCUT2D eigenvalue weighted by Gasteiger charge is -2.07. The predicted molar refractivity (Wildman–Crippen MR) is 64.9 cm³/mol. The van der Waals surface area contributed by atoms with Gasteiger partial charge in [0.05, 0.1) is 16.7 Å². The number of nitrogens with zero attached hydrogens (tertiary/aromatic N) is 2. The normalized spacial score (nSPS) is 21.3. The zero-order valence-corrected chi connectivity index (χ0v) is 9.76. The summed E-state index contributed by atoms with van der Waals surface area (Å²) in [5, 5.41) is 0.780. The highest BCUT2D eigenvalue weighted by atomic mass is 35.5. The highest BCUT2D eigenvalue weighted by Gasteiger charge is 2.21. The number of aromatic nitrogens is 2. The molecule has 78 valence electrons. The lowest BCUT2D eigenvalue weighted by Crippen LogP contribution is -2.02. The second-order valence-electron chi connectivity index (χ2n) is 3.79. The molecule has 1 aliphatic heterocycles. The first-order valence-electron chi connectivity index (χ1n) is 5.05. The van der Waals surface area contributed by atoms with Crippen LogP contribution in [0.25, 0.3) is 5.52 Å². The summed E-state index contributed by atoms with van der Waals surface area (Å²) in [7, 11) is 0. The minimum atomic E-state index is 0.593. The standard InChI is InChI=1S/C11H11ClN2S/c12-9-2-1-4-14-10(9)6-13-11(14)8-3-5-15-7-8/h1-2,4,6,8H,3,5,7H2. The highest BCUT2D eigenvalue weighted by molar-refractivity contribution is 7.99. The highest BCUT2D eigenvalue weighted by Crippen LogP contribution is 2.32. The van der Waals surface area contributed by atoms with E-state index in [0.29, 0.717) is 5.92 Å². The van der Waals surface area contributed by atoms with Crippen LogP contribution in [0.4, 0.5) is 0 Å². The van der Waals surface area contributed by atoms with Gasteiger partial charge in [0.1, 0.15) is 5.82 Å². The molecule has 4 heteroatoms. The molecule has 2 aromatic heterocycles. The molecule has 0 spiro atoms. The zero-order valence-electron chi connectivity index (χ0n) is 8.19. The Hall–Kier alpha value is -0.670. The fourth-order valence-corrected chi connectivity index (χ4v) is 3.48. The van der Waals surface area contributed by atoms with Crippen molar-refractivity contribution < 1.29 is 0 Å². The van der Waals surface area contributed by atoms with Gasteiger partial charge in [0.2, 0.25) is 0 Å². The van der Waals surface area contributed by atoms with Crippen LogP contribution < -0.4 is 0 Å². The van der Waals surface area contributed by atoms with Crippen molar-refractivity contribution in [2.24, 2.45) is 0 Å². The number of rotatable bonds is 1. The van der Waals surface area contributed by atoms with Gasteiger partial charge in [-0.25, -0.2) is 4.98 Å². The molecule has 1 saturated heterocycles. The van der Waals surface area contributed by atoms with Crippen LogP contribution in [0.5, 0.6) is 0 Å². The Morgan fingerprint density at radius 1 is 1.53 bits per heavy atom. The molecule has 1 unspecified atom stereocenters. The fourth-order valence-electron chi connectivity index (χ4n) is 2.05. The summed E-state index contributed by atoms with van der Waals surface area (Å²) in [4.78, 5) is 4.50. The molecule has 1 fully saturated rings. The summed E-state index contributed by atoms with van der Waals surface area (Å²) in [5.74, 6) is 4.19. The van der Waals surface area contributed by atoms with Gasteiger partial charge < -0.3 is 4.40 Å². The van der Waals surface area contributed by atoms with Crippen molar-refractivity contribution in [3.63, 3.8) is 0 Å². The molecule has 3 rings (SSSR count). The van der Waals surface area contributed by atoms with Crippen molar-refractivity contribution >= 4 is 28.9 Å². The van der Waals surface area contributed by atoms with E-state index in [-0.39, 0.29) is 0 Å². The number of hydrogen-bond donors (Lipinski definition) is 0. The van der Waals surface area contributed by atoms with Crippen LogP contribution >= 0.6 is 23.4 Å². The quantitative estimate of drug-likeness (QED) is 0.759. The van der Waals surface area contributed by atoms with Gasteiger partial charge in [-0.3, -0.25) is 0 Å². The Morgan fingerprint density at radius 3 is 3.27 bits per heavy atom. The molecule has 0 saturated carbocycles. The summed E-state index contributed by atoms with van der Waals surface area (Å²) in [6, 6.07) is 3.88. The van der Waals surface area contributed by atoms with Gasteiger partial charge in [-0.1, -0.05) is 11.6 Å². The summed E-state index contributed by atoms with van der Waals surface area (Å²) < 4.78 is 2.12. The lowest BCUT2D eigenvalue weighted by molar-refractivity contribution is 0.713. The second kappa shape index (κ2) is 3.72. The lowest BCUT2D eigenvalue weighted by atomic mass is 10.1. The van der Waals surface area contributed by atoms with Crippen LogP contribution in [0.2, 0.25) is 5.02 Å². The van der Waals surface area contributed by atoms with Gasteiger partial charge >= 0.3 is 0 Å². The Balaban J connectivity index is 2.15. The second-order valence-corrected chi connectivity index (χ2v) is 5.35.